The lowest BCUT2D eigenvalue weighted by Gasteiger charge is -2.30. The minimum atomic E-state index is 0.0163. The van der Waals surface area contributed by atoms with E-state index in [1.54, 1.807) is 40.2 Å². The fraction of sp³-hybridized carbons (Fsp3) is 0.231. The summed E-state index contributed by atoms with van der Waals surface area (Å²) in [5.41, 5.74) is 1.28. The summed E-state index contributed by atoms with van der Waals surface area (Å²) in [6.07, 6.45) is 4.32. The maximum absolute atomic E-state index is 12.0. The molecule has 0 aliphatic carbocycles. The van der Waals surface area contributed by atoms with E-state index in [2.05, 4.69) is 5.10 Å². The van der Waals surface area contributed by atoms with Crippen LogP contribution in [0.1, 0.15) is 16.8 Å². The lowest BCUT2D eigenvalue weighted by molar-refractivity contribution is 0.0652. The highest BCUT2D eigenvalue weighted by Crippen LogP contribution is 2.24. The molecule has 1 saturated heterocycles. The molecule has 0 atom stereocenters. The van der Waals surface area contributed by atoms with E-state index in [1.807, 2.05) is 0 Å². The van der Waals surface area contributed by atoms with E-state index < -0.39 is 0 Å². The summed E-state index contributed by atoms with van der Waals surface area (Å²) >= 11 is 12.0. The van der Waals surface area contributed by atoms with Crippen molar-refractivity contribution in [2.24, 2.45) is 0 Å². The molecule has 98 valence electrons. The highest BCUT2D eigenvalue weighted by atomic mass is 35.5. The number of carbonyl (C=O) groups excluding carboxylic acids is 1. The lowest BCUT2D eigenvalue weighted by atomic mass is 10.2. The number of hydrogen-bond acceptors (Lipinski definition) is 2. The lowest BCUT2D eigenvalue weighted by Crippen LogP contribution is -2.41. The number of rotatable bonds is 2. The second-order valence-corrected chi connectivity index (χ2v) is 5.26. The predicted octanol–water partition coefficient (Wildman–Crippen LogP) is 3.03. The Morgan fingerprint density at radius 2 is 2.05 bits per heavy atom. The second kappa shape index (κ2) is 4.87. The number of halogens is 2. The maximum atomic E-state index is 12.0. The first kappa shape index (κ1) is 12.5. The molecule has 2 aromatic rings. The predicted molar refractivity (Wildman–Crippen MR) is 74.1 cm³/mol. The Morgan fingerprint density at radius 3 is 2.68 bits per heavy atom. The topological polar surface area (TPSA) is 38.1 Å². The quantitative estimate of drug-likeness (QED) is 0.854. The van der Waals surface area contributed by atoms with Crippen LogP contribution in [0.2, 0.25) is 10.0 Å². The molecule has 0 spiro atoms. The Kier molecular flexibility index (Phi) is 3.21. The summed E-state index contributed by atoms with van der Waals surface area (Å²) in [7, 11) is 0. The molecule has 1 aliphatic rings. The largest absolute Gasteiger partial charge is 0.338 e. The van der Waals surface area contributed by atoms with Crippen LogP contribution in [-0.4, -0.2) is 33.7 Å². The van der Waals surface area contributed by atoms with Gasteiger partial charge in [0.25, 0.3) is 5.91 Å². The van der Waals surface area contributed by atoms with Gasteiger partial charge in [-0.15, -0.1) is 0 Å². The number of nitrogens with zero attached hydrogens (tertiary/aromatic N) is 3. The van der Waals surface area contributed by atoms with Gasteiger partial charge in [-0.3, -0.25) is 4.79 Å². The smallest absolute Gasteiger partial charge is 0.257 e. The number of carbonyl (C=O) groups is 1. The Morgan fingerprint density at radius 1 is 1.26 bits per heavy atom. The Hall–Kier alpha value is -1.52. The van der Waals surface area contributed by atoms with Gasteiger partial charge in [-0.1, -0.05) is 23.2 Å². The number of aromatic nitrogens is 2. The molecular formula is C13H11Cl2N3O. The van der Waals surface area contributed by atoms with Crippen LogP contribution in [0.25, 0.3) is 5.69 Å². The Bertz CT molecular complexity index is 635. The fourth-order valence-corrected chi connectivity index (χ4v) is 2.43. The fourth-order valence-electron chi connectivity index (χ4n) is 1.93. The molecule has 0 radical (unpaired) electrons. The zero-order chi connectivity index (χ0) is 13.4. The third-order valence-electron chi connectivity index (χ3n) is 3.13. The summed E-state index contributed by atoms with van der Waals surface area (Å²) in [5.74, 6) is 0.0163. The number of amides is 1. The van der Waals surface area contributed by atoms with Crippen LogP contribution in [-0.2, 0) is 0 Å². The van der Waals surface area contributed by atoms with Crippen LogP contribution in [0.3, 0.4) is 0 Å². The number of likely N-dealkylation sites (tertiary alicyclic amines) is 1. The molecule has 4 nitrogen and oxygen atoms in total. The van der Waals surface area contributed by atoms with Crippen LogP contribution in [0, 0.1) is 0 Å². The molecule has 6 heteroatoms. The molecule has 1 fully saturated rings. The average Bonchev–Trinajstić information content (AvgIpc) is 2.75. The summed E-state index contributed by atoms with van der Waals surface area (Å²) in [6, 6.07) is 5.16. The van der Waals surface area contributed by atoms with Crippen LogP contribution >= 0.6 is 23.2 Å². The van der Waals surface area contributed by atoms with Gasteiger partial charge in [-0.2, -0.15) is 5.10 Å². The molecule has 0 unspecified atom stereocenters. The zero-order valence-electron chi connectivity index (χ0n) is 10.0. The Labute approximate surface area is 120 Å². The molecule has 19 heavy (non-hydrogen) atoms. The van der Waals surface area contributed by atoms with Crippen molar-refractivity contribution in [1.29, 1.82) is 0 Å². The molecule has 1 amide bonds. The molecular weight excluding hydrogens is 285 g/mol. The van der Waals surface area contributed by atoms with Gasteiger partial charge in [0.2, 0.25) is 0 Å². The monoisotopic (exact) mass is 295 g/mol. The highest BCUT2D eigenvalue weighted by Gasteiger charge is 2.22. The van der Waals surface area contributed by atoms with E-state index >= 15 is 0 Å². The Balaban J connectivity index is 1.90. The van der Waals surface area contributed by atoms with Crippen LogP contribution < -0.4 is 0 Å². The van der Waals surface area contributed by atoms with Crippen molar-refractivity contribution >= 4 is 29.1 Å². The van der Waals surface area contributed by atoms with Gasteiger partial charge < -0.3 is 4.90 Å². The van der Waals surface area contributed by atoms with Gasteiger partial charge in [0, 0.05) is 24.3 Å². The normalized spacial score (nSPS) is 14.3. The van der Waals surface area contributed by atoms with E-state index in [-0.39, 0.29) is 5.91 Å². The van der Waals surface area contributed by atoms with Crippen molar-refractivity contribution in [3.63, 3.8) is 0 Å². The van der Waals surface area contributed by atoms with Crippen molar-refractivity contribution in [2.45, 2.75) is 6.42 Å². The summed E-state index contributed by atoms with van der Waals surface area (Å²) < 4.78 is 1.59. The second-order valence-electron chi connectivity index (χ2n) is 4.42. The minimum Gasteiger partial charge on any atom is -0.338 e. The molecule has 1 aliphatic heterocycles. The van der Waals surface area contributed by atoms with Crippen molar-refractivity contribution in [3.05, 3.63) is 46.2 Å². The minimum absolute atomic E-state index is 0.0163. The average molecular weight is 296 g/mol. The van der Waals surface area contributed by atoms with Gasteiger partial charge in [-0.25, -0.2) is 4.68 Å². The summed E-state index contributed by atoms with van der Waals surface area (Å²) in [6.45, 7) is 1.65. The zero-order valence-corrected chi connectivity index (χ0v) is 11.5. The van der Waals surface area contributed by atoms with E-state index in [9.17, 15) is 4.79 Å². The first-order chi connectivity index (χ1) is 9.15. The van der Waals surface area contributed by atoms with E-state index in [1.165, 1.54) is 0 Å². The summed E-state index contributed by atoms with van der Waals surface area (Å²) in [5, 5.41) is 5.25. The van der Waals surface area contributed by atoms with Gasteiger partial charge in [-0.05, 0) is 24.6 Å². The van der Waals surface area contributed by atoms with Gasteiger partial charge in [0.15, 0.2) is 0 Å². The standard InChI is InChI=1S/C13H11Cl2N3O/c14-10-2-3-12(11(15)6-10)18-8-9(7-16-18)13(19)17-4-1-5-17/h2-3,6-8H,1,4-5H2. The maximum Gasteiger partial charge on any atom is 0.257 e. The third-order valence-corrected chi connectivity index (χ3v) is 3.67. The van der Waals surface area contributed by atoms with Crippen molar-refractivity contribution < 1.29 is 4.79 Å². The molecule has 0 N–H and O–H groups in total. The van der Waals surface area contributed by atoms with Gasteiger partial charge in [0.1, 0.15) is 0 Å². The van der Waals surface area contributed by atoms with E-state index in [4.69, 9.17) is 23.2 Å². The SMILES string of the molecule is O=C(c1cnn(-c2ccc(Cl)cc2Cl)c1)N1CCC1. The molecule has 0 saturated carbocycles. The highest BCUT2D eigenvalue weighted by molar-refractivity contribution is 6.35. The van der Waals surface area contributed by atoms with Gasteiger partial charge in [0.05, 0.1) is 22.5 Å². The summed E-state index contributed by atoms with van der Waals surface area (Å²) in [4.78, 5) is 13.8. The number of benzene rings is 1. The van der Waals surface area contributed by atoms with Crippen LogP contribution in [0.5, 0.6) is 0 Å². The van der Waals surface area contributed by atoms with Crippen molar-refractivity contribution in [2.75, 3.05) is 13.1 Å². The molecule has 2 heterocycles. The molecule has 1 aromatic heterocycles. The van der Waals surface area contributed by atoms with Crippen LogP contribution in [0.4, 0.5) is 0 Å². The van der Waals surface area contributed by atoms with Crippen molar-refractivity contribution in [3.8, 4) is 5.69 Å². The van der Waals surface area contributed by atoms with Crippen LogP contribution in [0.15, 0.2) is 30.6 Å². The third kappa shape index (κ3) is 2.33. The molecule has 3 rings (SSSR count). The van der Waals surface area contributed by atoms with Crippen molar-refractivity contribution in [1.82, 2.24) is 14.7 Å². The van der Waals surface area contributed by atoms with Gasteiger partial charge >= 0.3 is 0 Å². The first-order valence-electron chi connectivity index (χ1n) is 5.94. The number of hydrogen-bond donors (Lipinski definition) is 0. The molecule has 0 bridgehead atoms. The van der Waals surface area contributed by atoms with E-state index in [0.29, 0.717) is 21.3 Å². The van der Waals surface area contributed by atoms with E-state index in [0.717, 1.165) is 19.5 Å². The first-order valence-corrected chi connectivity index (χ1v) is 6.70. The molecule has 1 aromatic carbocycles.